The van der Waals surface area contributed by atoms with E-state index >= 15 is 0 Å². The molecule has 5 N–H and O–H groups in total. The van der Waals surface area contributed by atoms with Crippen molar-refractivity contribution in [2.24, 2.45) is 5.41 Å². The predicted octanol–water partition coefficient (Wildman–Crippen LogP) is -1.77. The van der Waals surface area contributed by atoms with Gasteiger partial charge in [0, 0.05) is 6.20 Å². The Bertz CT molecular complexity index is 726. The van der Waals surface area contributed by atoms with Crippen LogP contribution in [0.25, 0.3) is 0 Å². The van der Waals surface area contributed by atoms with Crippen LogP contribution in [0.2, 0.25) is 0 Å². The molecule has 0 aromatic carbocycles. The highest BCUT2D eigenvalue weighted by Crippen LogP contribution is 2.29. The van der Waals surface area contributed by atoms with Gasteiger partial charge in [-0.15, -0.1) is 0 Å². The number of carbonyl (C=O) groups excluding carboxylic acids is 1. The summed E-state index contributed by atoms with van der Waals surface area (Å²) < 4.78 is 19.1. The lowest BCUT2D eigenvalue weighted by molar-refractivity contribution is -0.162. The zero-order chi connectivity index (χ0) is 19.7. The van der Waals surface area contributed by atoms with E-state index in [4.69, 9.17) is 21.2 Å². The molecule has 0 spiro atoms. The summed E-state index contributed by atoms with van der Waals surface area (Å²) in [6.45, 7) is 1.94. The van der Waals surface area contributed by atoms with Crippen molar-refractivity contribution in [2.75, 3.05) is 18.7 Å². The largest absolute Gasteiger partial charge is 0.462 e. The van der Waals surface area contributed by atoms with Crippen LogP contribution in [0, 0.1) is 5.41 Å². The minimum absolute atomic E-state index is 0.181. The summed E-state index contributed by atoms with van der Waals surface area (Å²) in [5.41, 5.74) is -0.533. The maximum Gasteiger partial charge on any atom is 0.351 e. The lowest BCUT2D eigenvalue weighted by Gasteiger charge is -2.21. The average Bonchev–Trinajstić information content (AvgIpc) is 2.83. The highest BCUT2D eigenvalue weighted by molar-refractivity contribution is 5.76. The van der Waals surface area contributed by atoms with E-state index in [1.54, 1.807) is 5.48 Å². The Hall–Kier alpha value is -2.05. The van der Waals surface area contributed by atoms with Crippen LogP contribution < -0.4 is 11.2 Å². The SMILES string of the molecule is [2H][C@@]1(n2ccc(NO)nc2=O)O[C@H](COC(=O)C(C)(C)CO)[C@@H](O)[C@H]1O. The molecule has 0 bridgehead atoms. The number of nitrogens with one attached hydrogen (secondary N) is 1. The maximum absolute atomic E-state index is 12.0. The number of aliphatic hydroxyl groups excluding tert-OH is 3. The van der Waals surface area contributed by atoms with Crippen molar-refractivity contribution >= 4 is 11.8 Å². The van der Waals surface area contributed by atoms with Gasteiger partial charge in [0.15, 0.2) is 12.0 Å². The van der Waals surface area contributed by atoms with E-state index in [0.717, 1.165) is 12.3 Å². The molecule has 1 aromatic rings. The van der Waals surface area contributed by atoms with Crippen LogP contribution in [0.1, 0.15) is 21.4 Å². The molecule has 0 radical (unpaired) electrons. The van der Waals surface area contributed by atoms with Gasteiger partial charge in [0.1, 0.15) is 24.9 Å². The number of hydrogen-bond donors (Lipinski definition) is 5. The van der Waals surface area contributed by atoms with Crippen LogP contribution in [-0.4, -0.2) is 67.6 Å². The molecule has 0 amide bonds. The standard InChI is InChI=1S/C14H21N3O8/c1-14(2,6-18)12(21)24-5-7-9(19)10(20)11(25-7)17-4-3-8(16-23)15-13(17)22/h3-4,7,9-11,18-20,23H,5-6H2,1-2H3,(H,15,16,22)/t7-,9-,10-,11-/m1/s1/i11D. The molecule has 11 nitrogen and oxygen atoms in total. The number of nitrogens with zero attached hydrogens (tertiary/aromatic N) is 2. The molecule has 1 fully saturated rings. The van der Waals surface area contributed by atoms with Gasteiger partial charge in [-0.25, -0.2) is 4.79 Å². The molecule has 2 heterocycles. The normalized spacial score (nSPS) is 30.0. The van der Waals surface area contributed by atoms with Gasteiger partial charge in [0.05, 0.1) is 13.4 Å². The summed E-state index contributed by atoms with van der Waals surface area (Å²) in [6.07, 6.45) is -6.13. The fourth-order valence-electron chi connectivity index (χ4n) is 2.03. The smallest absolute Gasteiger partial charge is 0.351 e. The van der Waals surface area contributed by atoms with E-state index in [1.807, 2.05) is 0 Å². The highest BCUT2D eigenvalue weighted by Gasteiger charge is 2.45. The highest BCUT2D eigenvalue weighted by atomic mass is 16.6. The molecule has 0 unspecified atom stereocenters. The quantitative estimate of drug-likeness (QED) is 0.289. The van der Waals surface area contributed by atoms with Gasteiger partial charge in [-0.05, 0) is 19.9 Å². The molecule has 11 heteroatoms. The molecule has 1 aliphatic heterocycles. The molecular formula is C14H21N3O8. The molecule has 25 heavy (non-hydrogen) atoms. The first-order valence-electron chi connectivity index (χ1n) is 7.89. The molecule has 2 rings (SSSR count). The van der Waals surface area contributed by atoms with E-state index in [1.165, 1.54) is 13.8 Å². The third kappa shape index (κ3) is 3.96. The molecule has 1 aliphatic rings. The topological polar surface area (TPSA) is 163 Å². The number of aromatic nitrogens is 2. The zero-order valence-corrected chi connectivity index (χ0v) is 13.6. The van der Waals surface area contributed by atoms with Crippen molar-refractivity contribution < 1.29 is 36.2 Å². The molecule has 1 aromatic heterocycles. The minimum Gasteiger partial charge on any atom is -0.462 e. The van der Waals surface area contributed by atoms with E-state index in [0.29, 0.717) is 4.57 Å². The monoisotopic (exact) mass is 360 g/mol. The Morgan fingerprint density at radius 3 is 2.76 bits per heavy atom. The fraction of sp³-hybridized carbons (Fsp3) is 0.643. The summed E-state index contributed by atoms with van der Waals surface area (Å²) in [7, 11) is 0. The zero-order valence-electron chi connectivity index (χ0n) is 14.6. The molecule has 0 aliphatic carbocycles. The first-order chi connectivity index (χ1) is 12.1. The number of rotatable bonds is 6. The van der Waals surface area contributed by atoms with Crippen molar-refractivity contribution in [1.82, 2.24) is 9.55 Å². The van der Waals surface area contributed by atoms with Crippen LogP contribution in [0.5, 0.6) is 0 Å². The number of ether oxygens (including phenoxy) is 2. The van der Waals surface area contributed by atoms with Gasteiger partial charge < -0.3 is 24.8 Å². The van der Waals surface area contributed by atoms with Crippen molar-refractivity contribution in [3.8, 4) is 0 Å². The van der Waals surface area contributed by atoms with Crippen molar-refractivity contribution in [3.63, 3.8) is 0 Å². The summed E-state index contributed by atoms with van der Waals surface area (Å²) in [6, 6.07) is 1.15. The van der Waals surface area contributed by atoms with E-state index < -0.39 is 54.8 Å². The number of esters is 1. The minimum atomic E-state index is -2.42. The Morgan fingerprint density at radius 2 is 2.20 bits per heavy atom. The second kappa shape index (κ2) is 7.45. The number of carbonyl (C=O) groups is 1. The maximum atomic E-state index is 12.0. The predicted molar refractivity (Wildman–Crippen MR) is 81.7 cm³/mol. The fourth-order valence-corrected chi connectivity index (χ4v) is 2.03. The van der Waals surface area contributed by atoms with E-state index in [2.05, 4.69) is 4.98 Å². The molecule has 4 atom stereocenters. The molecule has 0 saturated carbocycles. The first-order valence-corrected chi connectivity index (χ1v) is 7.39. The van der Waals surface area contributed by atoms with Crippen molar-refractivity contribution in [1.29, 1.82) is 0 Å². The summed E-state index contributed by atoms with van der Waals surface area (Å²) in [5, 5.41) is 38.1. The molecule has 1 saturated heterocycles. The van der Waals surface area contributed by atoms with Gasteiger partial charge in [0.2, 0.25) is 0 Å². The van der Waals surface area contributed by atoms with Gasteiger partial charge in [-0.2, -0.15) is 4.98 Å². The second-order valence-electron chi connectivity index (χ2n) is 6.15. The van der Waals surface area contributed by atoms with Crippen molar-refractivity contribution in [2.45, 2.75) is 38.4 Å². The lowest BCUT2D eigenvalue weighted by Crippen LogP contribution is -2.37. The van der Waals surface area contributed by atoms with Crippen LogP contribution in [-0.2, 0) is 14.3 Å². The van der Waals surface area contributed by atoms with Crippen LogP contribution in [0.15, 0.2) is 17.1 Å². The molecular weight excluding hydrogens is 338 g/mol. The number of anilines is 1. The van der Waals surface area contributed by atoms with E-state index in [9.17, 15) is 19.8 Å². The Balaban J connectivity index is 2.18. The average molecular weight is 360 g/mol. The lowest BCUT2D eigenvalue weighted by atomic mass is 9.95. The Labute approximate surface area is 143 Å². The van der Waals surface area contributed by atoms with Crippen molar-refractivity contribution in [3.05, 3.63) is 22.7 Å². The van der Waals surface area contributed by atoms with Gasteiger partial charge in [-0.3, -0.25) is 20.0 Å². The summed E-state index contributed by atoms with van der Waals surface area (Å²) in [4.78, 5) is 27.3. The Kier molecular flexibility index (Phi) is 5.30. The number of aliphatic hydroxyl groups is 3. The van der Waals surface area contributed by atoms with Crippen LogP contribution in [0.3, 0.4) is 0 Å². The summed E-state index contributed by atoms with van der Waals surface area (Å²) in [5.74, 6) is -0.940. The molecule has 140 valence electrons. The second-order valence-corrected chi connectivity index (χ2v) is 6.15. The third-order valence-corrected chi connectivity index (χ3v) is 3.71. The van der Waals surface area contributed by atoms with Gasteiger partial charge in [0.25, 0.3) is 0 Å². The van der Waals surface area contributed by atoms with Gasteiger partial charge in [-0.1, -0.05) is 0 Å². The summed E-state index contributed by atoms with van der Waals surface area (Å²) >= 11 is 0. The van der Waals surface area contributed by atoms with Crippen LogP contribution >= 0.6 is 0 Å². The Morgan fingerprint density at radius 1 is 1.52 bits per heavy atom. The number of hydrogen-bond acceptors (Lipinski definition) is 10. The van der Waals surface area contributed by atoms with Crippen LogP contribution in [0.4, 0.5) is 5.82 Å². The van der Waals surface area contributed by atoms with E-state index in [-0.39, 0.29) is 5.82 Å². The third-order valence-electron chi connectivity index (χ3n) is 3.71. The first kappa shape index (κ1) is 17.8. The van der Waals surface area contributed by atoms with Gasteiger partial charge >= 0.3 is 11.7 Å².